The number of anilines is 1. The van der Waals surface area contributed by atoms with Crippen molar-refractivity contribution in [2.24, 2.45) is 0 Å². The van der Waals surface area contributed by atoms with Gasteiger partial charge in [0.2, 0.25) is 0 Å². The van der Waals surface area contributed by atoms with Crippen LogP contribution in [0.2, 0.25) is 0 Å². The minimum atomic E-state index is -3.08. The first-order chi connectivity index (χ1) is 16.3. The Labute approximate surface area is 201 Å². The molecule has 4 aromatic rings. The van der Waals surface area contributed by atoms with E-state index < -0.39 is 9.84 Å². The van der Waals surface area contributed by atoms with E-state index in [-0.39, 0.29) is 23.5 Å². The van der Waals surface area contributed by atoms with Crippen LogP contribution in [0.25, 0.3) is 21.3 Å². The first-order valence-electron chi connectivity index (χ1n) is 11.6. The summed E-state index contributed by atoms with van der Waals surface area (Å²) in [5, 5.41) is 8.88. The summed E-state index contributed by atoms with van der Waals surface area (Å²) in [6.45, 7) is 3.96. The number of hydrogen-bond donors (Lipinski definition) is 1. The van der Waals surface area contributed by atoms with E-state index in [4.69, 9.17) is 4.98 Å². The van der Waals surface area contributed by atoms with Crippen molar-refractivity contribution in [1.29, 1.82) is 0 Å². The van der Waals surface area contributed by atoms with Gasteiger partial charge in [0.05, 0.1) is 44.4 Å². The SMILES string of the molecule is CCc1ccc2nc(NC(=O)c3cc(C4CC4)nc4c3c(C)nn4C3CCS(=O)(=O)C3)sc2c1. The van der Waals surface area contributed by atoms with Crippen molar-refractivity contribution in [1.82, 2.24) is 19.7 Å². The van der Waals surface area contributed by atoms with Crippen LogP contribution in [0.4, 0.5) is 5.13 Å². The number of benzene rings is 1. The van der Waals surface area contributed by atoms with E-state index >= 15 is 0 Å². The van der Waals surface area contributed by atoms with Crippen LogP contribution in [-0.4, -0.2) is 45.6 Å². The Morgan fingerprint density at radius 3 is 2.74 bits per heavy atom. The van der Waals surface area contributed by atoms with Crippen molar-refractivity contribution in [2.75, 3.05) is 16.8 Å². The first kappa shape index (κ1) is 21.7. The average Bonchev–Trinajstić information content (AvgIpc) is 3.37. The third-order valence-corrected chi connectivity index (χ3v) is 9.42. The van der Waals surface area contributed by atoms with E-state index in [1.807, 2.05) is 19.1 Å². The predicted octanol–water partition coefficient (Wildman–Crippen LogP) is 4.40. The third kappa shape index (κ3) is 3.78. The quantitative estimate of drug-likeness (QED) is 0.440. The maximum Gasteiger partial charge on any atom is 0.258 e. The van der Waals surface area contributed by atoms with E-state index in [0.29, 0.717) is 39.8 Å². The van der Waals surface area contributed by atoms with Gasteiger partial charge in [-0.15, -0.1) is 0 Å². The van der Waals surface area contributed by atoms with Crippen molar-refractivity contribution in [3.8, 4) is 0 Å². The van der Waals surface area contributed by atoms with Crippen molar-refractivity contribution < 1.29 is 13.2 Å². The molecule has 34 heavy (non-hydrogen) atoms. The lowest BCUT2D eigenvalue weighted by Gasteiger charge is -2.11. The molecule has 1 atom stereocenters. The molecular weight excluding hydrogens is 470 g/mol. The molecule has 8 nitrogen and oxygen atoms in total. The number of nitrogens with zero attached hydrogens (tertiary/aromatic N) is 4. The highest BCUT2D eigenvalue weighted by Crippen LogP contribution is 2.41. The number of fused-ring (bicyclic) bond motifs is 2. The van der Waals surface area contributed by atoms with Crippen LogP contribution in [0.1, 0.15) is 65.5 Å². The number of thiazole rings is 1. The van der Waals surface area contributed by atoms with Gasteiger partial charge in [0.1, 0.15) is 0 Å². The Kier molecular flexibility index (Phi) is 5.00. The van der Waals surface area contributed by atoms with Crippen LogP contribution in [0, 0.1) is 6.92 Å². The summed E-state index contributed by atoms with van der Waals surface area (Å²) in [4.78, 5) is 23.0. The smallest absolute Gasteiger partial charge is 0.258 e. The van der Waals surface area contributed by atoms with Crippen LogP contribution in [0.15, 0.2) is 24.3 Å². The molecule has 1 aliphatic carbocycles. The molecule has 176 valence electrons. The number of carbonyl (C=O) groups excluding carboxylic acids is 1. The molecule has 2 aliphatic rings. The molecule has 1 saturated heterocycles. The molecule has 1 saturated carbocycles. The molecule has 0 spiro atoms. The van der Waals surface area contributed by atoms with Gasteiger partial charge in [-0.3, -0.25) is 10.1 Å². The van der Waals surface area contributed by atoms with Gasteiger partial charge in [0.15, 0.2) is 20.6 Å². The highest BCUT2D eigenvalue weighted by Gasteiger charge is 2.34. The monoisotopic (exact) mass is 495 g/mol. The van der Waals surface area contributed by atoms with Gasteiger partial charge in [-0.25, -0.2) is 23.1 Å². The number of aromatic nitrogens is 4. The normalized spacial score (nSPS) is 19.8. The lowest BCUT2D eigenvalue weighted by Crippen LogP contribution is -2.15. The van der Waals surface area contributed by atoms with Crippen molar-refractivity contribution in [3.63, 3.8) is 0 Å². The first-order valence-corrected chi connectivity index (χ1v) is 14.3. The average molecular weight is 496 g/mol. The van der Waals surface area contributed by atoms with E-state index in [1.54, 1.807) is 4.68 Å². The van der Waals surface area contributed by atoms with Gasteiger partial charge in [-0.1, -0.05) is 24.3 Å². The Hall–Kier alpha value is -2.85. The molecule has 6 rings (SSSR count). The van der Waals surface area contributed by atoms with E-state index in [9.17, 15) is 13.2 Å². The van der Waals surface area contributed by atoms with E-state index in [2.05, 4.69) is 34.5 Å². The summed E-state index contributed by atoms with van der Waals surface area (Å²) in [5.74, 6) is 0.309. The summed E-state index contributed by atoms with van der Waals surface area (Å²) >= 11 is 1.46. The number of amides is 1. The molecule has 4 heterocycles. The van der Waals surface area contributed by atoms with Crippen molar-refractivity contribution in [3.05, 3.63) is 46.8 Å². The number of aryl methyl sites for hydroxylation is 2. The molecule has 1 aliphatic heterocycles. The largest absolute Gasteiger partial charge is 0.298 e. The lowest BCUT2D eigenvalue weighted by atomic mass is 10.1. The summed E-state index contributed by atoms with van der Waals surface area (Å²) in [5.41, 5.74) is 4.77. The maximum absolute atomic E-state index is 13.5. The summed E-state index contributed by atoms with van der Waals surface area (Å²) in [6, 6.07) is 7.78. The zero-order valence-electron chi connectivity index (χ0n) is 19.0. The topological polar surface area (TPSA) is 107 Å². The van der Waals surface area contributed by atoms with Gasteiger partial charge in [-0.2, -0.15) is 5.10 Å². The molecule has 2 fully saturated rings. The second kappa shape index (κ2) is 7.84. The summed E-state index contributed by atoms with van der Waals surface area (Å²) in [6.07, 6.45) is 3.55. The Morgan fingerprint density at radius 1 is 1.21 bits per heavy atom. The van der Waals surface area contributed by atoms with Crippen LogP contribution >= 0.6 is 11.3 Å². The second-order valence-corrected chi connectivity index (χ2v) is 12.5. The molecule has 3 aromatic heterocycles. The van der Waals surface area contributed by atoms with Crippen LogP contribution < -0.4 is 5.32 Å². The fourth-order valence-electron chi connectivity index (χ4n) is 4.73. The molecule has 10 heteroatoms. The second-order valence-electron chi connectivity index (χ2n) is 9.28. The number of nitrogens with one attached hydrogen (secondary N) is 1. The van der Waals surface area contributed by atoms with Gasteiger partial charge < -0.3 is 0 Å². The predicted molar refractivity (Wildman–Crippen MR) is 133 cm³/mol. The fourth-order valence-corrected chi connectivity index (χ4v) is 7.35. The fraction of sp³-hybridized carbons (Fsp3) is 0.417. The molecule has 1 unspecified atom stereocenters. The van der Waals surface area contributed by atoms with Crippen molar-refractivity contribution in [2.45, 2.75) is 51.5 Å². The van der Waals surface area contributed by atoms with Gasteiger partial charge >= 0.3 is 0 Å². The number of rotatable bonds is 5. The third-order valence-electron chi connectivity index (χ3n) is 6.73. The molecule has 1 aromatic carbocycles. The van der Waals surface area contributed by atoms with Gasteiger partial charge in [0.25, 0.3) is 5.91 Å². The Balaban J connectivity index is 1.41. The standard InChI is InChI=1S/C24H25N5O3S2/c1-3-14-4-7-18-20(10-14)33-24(26-18)27-23(30)17-11-19(15-5-6-15)25-22-21(17)13(2)28-29(22)16-8-9-34(31,32)12-16/h4,7,10-11,15-16H,3,5-6,8-9,12H2,1-2H3,(H,26,27,30). The number of pyridine rings is 1. The highest BCUT2D eigenvalue weighted by molar-refractivity contribution is 7.91. The summed E-state index contributed by atoms with van der Waals surface area (Å²) in [7, 11) is -3.08. The minimum absolute atomic E-state index is 0.0611. The minimum Gasteiger partial charge on any atom is -0.298 e. The summed E-state index contributed by atoms with van der Waals surface area (Å²) < 4.78 is 27.0. The van der Waals surface area contributed by atoms with Crippen LogP contribution in [0.3, 0.4) is 0 Å². The Bertz CT molecular complexity index is 1570. The molecule has 1 N–H and O–H groups in total. The zero-order valence-corrected chi connectivity index (χ0v) is 20.7. The zero-order chi connectivity index (χ0) is 23.6. The maximum atomic E-state index is 13.5. The number of sulfone groups is 1. The van der Waals surface area contributed by atoms with Gasteiger partial charge in [0, 0.05) is 11.6 Å². The van der Waals surface area contributed by atoms with E-state index in [1.165, 1.54) is 16.9 Å². The van der Waals surface area contributed by atoms with Crippen molar-refractivity contribution >= 4 is 53.5 Å². The number of hydrogen-bond acceptors (Lipinski definition) is 7. The molecule has 1 amide bonds. The van der Waals surface area contributed by atoms with Crippen LogP contribution in [-0.2, 0) is 16.3 Å². The van der Waals surface area contributed by atoms with Gasteiger partial charge in [-0.05, 0) is 56.4 Å². The van der Waals surface area contributed by atoms with E-state index in [0.717, 1.165) is 35.2 Å². The molecular formula is C24H25N5O3S2. The Morgan fingerprint density at radius 2 is 2.03 bits per heavy atom. The highest BCUT2D eigenvalue weighted by atomic mass is 32.2. The van der Waals surface area contributed by atoms with Crippen LogP contribution in [0.5, 0.6) is 0 Å². The molecule has 0 bridgehead atoms. The molecule has 0 radical (unpaired) electrons. The number of carbonyl (C=O) groups is 1. The lowest BCUT2D eigenvalue weighted by molar-refractivity contribution is 0.102.